The predicted octanol–water partition coefficient (Wildman–Crippen LogP) is 1.57. The molecule has 0 amide bonds. The van der Waals surface area contributed by atoms with E-state index < -0.39 is 0 Å². The summed E-state index contributed by atoms with van der Waals surface area (Å²) in [4.78, 5) is 4.44. The van der Waals surface area contributed by atoms with Crippen LogP contribution in [0.1, 0.15) is 31.0 Å². The Morgan fingerprint density at radius 1 is 1.57 bits per heavy atom. The Labute approximate surface area is 89.2 Å². The molecule has 1 atom stereocenters. The van der Waals surface area contributed by atoms with Gasteiger partial charge in [0.15, 0.2) is 0 Å². The van der Waals surface area contributed by atoms with Crippen molar-refractivity contribution < 1.29 is 5.11 Å². The lowest BCUT2D eigenvalue weighted by atomic mass is 10.2. The molecule has 1 aromatic rings. The third-order valence-corrected chi connectivity index (χ3v) is 3.23. The summed E-state index contributed by atoms with van der Waals surface area (Å²) in [6.45, 7) is 5.13. The molecule has 0 bridgehead atoms. The van der Waals surface area contributed by atoms with Gasteiger partial charge in [-0.1, -0.05) is 13.8 Å². The molecule has 80 valence electrons. The van der Waals surface area contributed by atoms with Crippen molar-refractivity contribution in [3.05, 3.63) is 16.1 Å². The lowest BCUT2D eigenvalue weighted by Crippen LogP contribution is -2.31. The van der Waals surface area contributed by atoms with Crippen molar-refractivity contribution in [1.29, 1.82) is 0 Å². The van der Waals surface area contributed by atoms with Gasteiger partial charge in [-0.15, -0.1) is 11.3 Å². The Bertz CT molecular complexity index is 258. The van der Waals surface area contributed by atoms with Crippen molar-refractivity contribution in [1.82, 2.24) is 10.3 Å². The molecule has 0 spiro atoms. The normalized spacial score (nSPS) is 13.1. The van der Waals surface area contributed by atoms with E-state index in [2.05, 4.69) is 29.5 Å². The molecule has 0 saturated carbocycles. The van der Waals surface area contributed by atoms with Crippen LogP contribution in [0.4, 0.5) is 0 Å². The lowest BCUT2D eigenvalue weighted by molar-refractivity contribution is 0.238. The maximum atomic E-state index is 8.98. The molecule has 0 saturated heterocycles. The number of thiazole rings is 1. The number of aliphatic hydroxyl groups is 1. The second kappa shape index (κ2) is 6.11. The number of rotatable bonds is 6. The van der Waals surface area contributed by atoms with Crippen molar-refractivity contribution in [3.8, 4) is 0 Å². The van der Waals surface area contributed by atoms with Gasteiger partial charge in [-0.25, -0.2) is 4.98 Å². The zero-order valence-corrected chi connectivity index (χ0v) is 9.60. The molecule has 0 fully saturated rings. The first-order chi connectivity index (χ1) is 6.80. The Kier molecular flexibility index (Phi) is 5.07. The summed E-state index contributed by atoms with van der Waals surface area (Å²) < 4.78 is 0. The van der Waals surface area contributed by atoms with Gasteiger partial charge in [-0.05, 0) is 12.8 Å². The van der Waals surface area contributed by atoms with Crippen LogP contribution in [0.25, 0.3) is 0 Å². The second-order valence-corrected chi connectivity index (χ2v) is 4.20. The SMILES string of the molecule is CCc1nc(CNC(CC)CO)cs1. The number of aliphatic hydroxyl groups excluding tert-OH is 1. The summed E-state index contributed by atoms with van der Waals surface area (Å²) in [5, 5.41) is 15.5. The smallest absolute Gasteiger partial charge is 0.0926 e. The Morgan fingerprint density at radius 2 is 2.36 bits per heavy atom. The lowest BCUT2D eigenvalue weighted by Gasteiger charge is -2.12. The van der Waals surface area contributed by atoms with E-state index in [-0.39, 0.29) is 12.6 Å². The number of aryl methyl sites for hydroxylation is 1. The summed E-state index contributed by atoms with van der Waals surface area (Å²) in [7, 11) is 0. The van der Waals surface area contributed by atoms with Crippen LogP contribution in [0.2, 0.25) is 0 Å². The highest BCUT2D eigenvalue weighted by Gasteiger charge is 2.05. The molecule has 3 nitrogen and oxygen atoms in total. The summed E-state index contributed by atoms with van der Waals surface area (Å²) >= 11 is 1.70. The number of hydrogen-bond acceptors (Lipinski definition) is 4. The average molecular weight is 214 g/mol. The highest BCUT2D eigenvalue weighted by molar-refractivity contribution is 7.09. The monoisotopic (exact) mass is 214 g/mol. The van der Waals surface area contributed by atoms with Crippen LogP contribution in [-0.2, 0) is 13.0 Å². The van der Waals surface area contributed by atoms with Gasteiger partial charge in [0.1, 0.15) is 0 Å². The first-order valence-corrected chi connectivity index (χ1v) is 5.95. The van der Waals surface area contributed by atoms with Gasteiger partial charge in [-0.3, -0.25) is 0 Å². The minimum Gasteiger partial charge on any atom is -0.395 e. The number of hydrogen-bond donors (Lipinski definition) is 2. The van der Waals surface area contributed by atoms with E-state index in [0.717, 1.165) is 25.1 Å². The van der Waals surface area contributed by atoms with E-state index in [4.69, 9.17) is 5.11 Å². The van der Waals surface area contributed by atoms with Crippen LogP contribution >= 0.6 is 11.3 Å². The van der Waals surface area contributed by atoms with Crippen LogP contribution in [0.5, 0.6) is 0 Å². The van der Waals surface area contributed by atoms with Gasteiger partial charge < -0.3 is 10.4 Å². The van der Waals surface area contributed by atoms with Crippen LogP contribution in [-0.4, -0.2) is 22.7 Å². The molecule has 0 radical (unpaired) electrons. The number of nitrogens with one attached hydrogen (secondary N) is 1. The van der Waals surface area contributed by atoms with Crippen LogP contribution in [0.3, 0.4) is 0 Å². The fourth-order valence-electron chi connectivity index (χ4n) is 1.18. The van der Waals surface area contributed by atoms with Gasteiger partial charge in [0.2, 0.25) is 0 Å². The van der Waals surface area contributed by atoms with Crippen molar-refractivity contribution in [2.75, 3.05) is 6.61 Å². The molecular weight excluding hydrogens is 196 g/mol. The van der Waals surface area contributed by atoms with E-state index in [0.29, 0.717) is 0 Å². The molecule has 4 heteroatoms. The molecule has 14 heavy (non-hydrogen) atoms. The molecule has 1 unspecified atom stereocenters. The van der Waals surface area contributed by atoms with Crippen molar-refractivity contribution in [2.24, 2.45) is 0 Å². The van der Waals surface area contributed by atoms with Gasteiger partial charge >= 0.3 is 0 Å². The van der Waals surface area contributed by atoms with E-state index >= 15 is 0 Å². The standard InChI is InChI=1S/C10H18N2OS/c1-3-8(6-13)11-5-9-7-14-10(4-2)12-9/h7-8,11,13H,3-6H2,1-2H3. The number of nitrogens with zero attached hydrogens (tertiary/aromatic N) is 1. The fraction of sp³-hybridized carbons (Fsp3) is 0.700. The van der Waals surface area contributed by atoms with Crippen molar-refractivity contribution in [3.63, 3.8) is 0 Å². The molecule has 1 aromatic heterocycles. The average Bonchev–Trinajstić information content (AvgIpc) is 2.67. The van der Waals surface area contributed by atoms with Crippen molar-refractivity contribution >= 4 is 11.3 Å². The van der Waals surface area contributed by atoms with Gasteiger partial charge in [-0.2, -0.15) is 0 Å². The third-order valence-electron chi connectivity index (χ3n) is 2.19. The fourth-order valence-corrected chi connectivity index (χ4v) is 1.92. The second-order valence-electron chi connectivity index (χ2n) is 3.25. The summed E-state index contributed by atoms with van der Waals surface area (Å²) in [6, 6.07) is 0.196. The number of aromatic nitrogens is 1. The molecule has 1 rings (SSSR count). The highest BCUT2D eigenvalue weighted by atomic mass is 32.1. The molecule has 2 N–H and O–H groups in total. The topological polar surface area (TPSA) is 45.2 Å². The minimum absolute atomic E-state index is 0.196. The first-order valence-electron chi connectivity index (χ1n) is 5.07. The van der Waals surface area contributed by atoms with Crippen LogP contribution in [0.15, 0.2) is 5.38 Å². The Balaban J connectivity index is 2.37. The minimum atomic E-state index is 0.196. The Morgan fingerprint density at radius 3 is 2.86 bits per heavy atom. The summed E-state index contributed by atoms with van der Waals surface area (Å²) in [5.41, 5.74) is 1.08. The van der Waals surface area contributed by atoms with Crippen molar-refractivity contribution in [2.45, 2.75) is 39.3 Å². The summed E-state index contributed by atoms with van der Waals surface area (Å²) in [6.07, 6.45) is 1.95. The highest BCUT2D eigenvalue weighted by Crippen LogP contribution is 2.10. The van der Waals surface area contributed by atoms with E-state index in [9.17, 15) is 0 Å². The Hall–Kier alpha value is -0.450. The van der Waals surface area contributed by atoms with E-state index in [1.54, 1.807) is 11.3 Å². The van der Waals surface area contributed by atoms with Crippen LogP contribution in [0, 0.1) is 0 Å². The molecule has 0 aliphatic rings. The van der Waals surface area contributed by atoms with Gasteiger partial charge in [0, 0.05) is 18.0 Å². The van der Waals surface area contributed by atoms with E-state index in [1.807, 2.05) is 0 Å². The maximum Gasteiger partial charge on any atom is 0.0926 e. The van der Waals surface area contributed by atoms with E-state index in [1.165, 1.54) is 5.01 Å². The molecular formula is C10H18N2OS. The molecule has 0 aromatic carbocycles. The predicted molar refractivity (Wildman–Crippen MR) is 59.5 cm³/mol. The van der Waals surface area contributed by atoms with Gasteiger partial charge in [0.25, 0.3) is 0 Å². The summed E-state index contributed by atoms with van der Waals surface area (Å²) in [5.74, 6) is 0. The molecule has 1 heterocycles. The van der Waals surface area contributed by atoms with Crippen LogP contribution < -0.4 is 5.32 Å². The van der Waals surface area contributed by atoms with Gasteiger partial charge in [0.05, 0.1) is 17.3 Å². The molecule has 0 aliphatic carbocycles. The first kappa shape index (κ1) is 11.6. The quantitative estimate of drug-likeness (QED) is 0.755. The third kappa shape index (κ3) is 3.36. The largest absolute Gasteiger partial charge is 0.395 e. The molecule has 0 aliphatic heterocycles. The zero-order chi connectivity index (χ0) is 10.4. The maximum absolute atomic E-state index is 8.98. The zero-order valence-electron chi connectivity index (χ0n) is 8.79.